The molecule has 3 aromatic heterocycles. The lowest BCUT2D eigenvalue weighted by atomic mass is 10.1. The Labute approximate surface area is 174 Å². The van der Waals surface area contributed by atoms with Gasteiger partial charge >= 0.3 is 0 Å². The molecule has 0 aromatic carbocycles. The molecule has 0 saturated carbocycles. The maximum Gasteiger partial charge on any atom is 0.269 e. The highest BCUT2D eigenvalue weighted by molar-refractivity contribution is 5.90. The molecule has 3 aromatic rings. The summed E-state index contributed by atoms with van der Waals surface area (Å²) < 4.78 is 2.95. The van der Waals surface area contributed by atoms with E-state index < -0.39 is 0 Å². The molecule has 0 aliphatic carbocycles. The number of nitrogens with zero attached hydrogens (tertiary/aromatic N) is 7. The van der Waals surface area contributed by atoms with E-state index in [2.05, 4.69) is 37.5 Å². The quantitative estimate of drug-likeness (QED) is 0.664. The van der Waals surface area contributed by atoms with Crippen LogP contribution in [0, 0.1) is 0 Å². The zero-order chi connectivity index (χ0) is 21.3. The van der Waals surface area contributed by atoms with Crippen LogP contribution in [0.2, 0.25) is 0 Å². The van der Waals surface area contributed by atoms with Gasteiger partial charge in [-0.15, -0.1) is 10.2 Å². The predicted molar refractivity (Wildman–Crippen MR) is 114 cm³/mol. The van der Waals surface area contributed by atoms with Crippen molar-refractivity contribution in [3.8, 4) is 0 Å². The first-order chi connectivity index (χ1) is 14.4. The molecule has 4 rings (SSSR count). The topological polar surface area (TPSA) is 101 Å². The van der Waals surface area contributed by atoms with E-state index in [1.165, 1.54) is 4.68 Å². The Morgan fingerprint density at radius 2 is 1.97 bits per heavy atom. The first-order valence-corrected chi connectivity index (χ1v) is 10.1. The number of anilines is 2. The van der Waals surface area contributed by atoms with Crippen LogP contribution < -0.4 is 15.8 Å². The summed E-state index contributed by atoms with van der Waals surface area (Å²) in [6, 6.07) is 5.12. The number of hydrogen-bond donors (Lipinski definition) is 1. The van der Waals surface area contributed by atoms with Crippen molar-refractivity contribution in [3.63, 3.8) is 0 Å². The van der Waals surface area contributed by atoms with E-state index in [-0.39, 0.29) is 23.9 Å². The first-order valence-electron chi connectivity index (χ1n) is 10.1. The molecule has 30 heavy (non-hydrogen) atoms. The molecule has 0 radical (unpaired) electrons. The van der Waals surface area contributed by atoms with E-state index in [1.807, 2.05) is 13.8 Å². The van der Waals surface area contributed by atoms with Crippen molar-refractivity contribution >= 4 is 22.9 Å². The number of carbonyl (C=O) groups excluding carboxylic acids is 1. The van der Waals surface area contributed by atoms with E-state index in [1.54, 1.807) is 35.1 Å². The summed E-state index contributed by atoms with van der Waals surface area (Å²) in [5, 5.41) is 15.1. The second-order valence-corrected chi connectivity index (χ2v) is 7.92. The number of aromatic nitrogens is 5. The lowest BCUT2D eigenvalue weighted by Gasteiger charge is -2.35. The molecular weight excluding hydrogens is 384 g/mol. The second kappa shape index (κ2) is 8.23. The maximum absolute atomic E-state index is 12.7. The minimum absolute atomic E-state index is 0.130. The van der Waals surface area contributed by atoms with Crippen molar-refractivity contribution in [2.24, 2.45) is 0 Å². The van der Waals surface area contributed by atoms with Gasteiger partial charge in [0, 0.05) is 38.4 Å². The Hall–Kier alpha value is -3.27. The van der Waals surface area contributed by atoms with Gasteiger partial charge in [-0.25, -0.2) is 4.68 Å². The number of carbonyl (C=O) groups is 1. The molecule has 0 spiro atoms. The van der Waals surface area contributed by atoms with Crippen LogP contribution in [0.5, 0.6) is 0 Å². The van der Waals surface area contributed by atoms with E-state index >= 15 is 0 Å². The first kappa shape index (κ1) is 20.0. The number of nitrogens with one attached hydrogen (secondary N) is 1. The van der Waals surface area contributed by atoms with Gasteiger partial charge in [-0.1, -0.05) is 13.8 Å². The highest BCUT2D eigenvalue weighted by atomic mass is 16.2. The molecule has 0 bridgehead atoms. The molecule has 1 N–H and O–H groups in total. The van der Waals surface area contributed by atoms with E-state index in [0.29, 0.717) is 11.3 Å². The fraction of sp³-hybridized carbons (Fsp3) is 0.450. The normalized spacial score (nSPS) is 15.1. The smallest absolute Gasteiger partial charge is 0.269 e. The number of amides is 1. The van der Waals surface area contributed by atoms with Crippen LogP contribution in [0.1, 0.15) is 25.5 Å². The van der Waals surface area contributed by atoms with Crippen LogP contribution >= 0.6 is 0 Å². The zero-order valence-corrected chi connectivity index (χ0v) is 17.4. The predicted octanol–water partition coefficient (Wildman–Crippen LogP) is 0.800. The number of hydrogen-bond acceptors (Lipinski definition) is 7. The van der Waals surface area contributed by atoms with Crippen molar-refractivity contribution < 1.29 is 4.79 Å². The number of piperazine rings is 1. The highest BCUT2D eigenvalue weighted by Crippen LogP contribution is 2.24. The molecule has 10 nitrogen and oxygen atoms in total. The average molecular weight is 410 g/mol. The van der Waals surface area contributed by atoms with Gasteiger partial charge < -0.3 is 15.1 Å². The molecule has 0 atom stereocenters. The van der Waals surface area contributed by atoms with E-state index in [9.17, 15) is 9.59 Å². The third kappa shape index (κ3) is 4.18. The molecule has 1 amide bonds. The Morgan fingerprint density at radius 3 is 2.70 bits per heavy atom. The monoisotopic (exact) mass is 410 g/mol. The Balaban J connectivity index is 1.53. The average Bonchev–Trinajstić information content (AvgIpc) is 3.17. The van der Waals surface area contributed by atoms with Gasteiger partial charge in [0.1, 0.15) is 12.9 Å². The molecule has 4 heterocycles. The van der Waals surface area contributed by atoms with Crippen LogP contribution in [0.15, 0.2) is 35.5 Å². The lowest BCUT2D eigenvalue weighted by molar-refractivity contribution is -0.117. The van der Waals surface area contributed by atoms with E-state index in [4.69, 9.17) is 0 Å². The zero-order valence-electron chi connectivity index (χ0n) is 17.4. The molecule has 1 saturated heterocycles. The standard InChI is InChI=1S/C20H26N8O2/c1-14(2)20-16(26-8-6-25(3)7-9-26)10-19(30)28(24-20)12-18(29)22-15-4-5-17-23-21-13-27(17)11-15/h4-5,10-11,13-14H,6-9,12H2,1-3H3,(H,22,29). The second-order valence-electron chi connectivity index (χ2n) is 7.92. The van der Waals surface area contributed by atoms with Crippen LogP contribution in [0.4, 0.5) is 11.4 Å². The highest BCUT2D eigenvalue weighted by Gasteiger charge is 2.21. The summed E-state index contributed by atoms with van der Waals surface area (Å²) in [5.41, 5.74) is 2.71. The van der Waals surface area contributed by atoms with Crippen LogP contribution in [0.25, 0.3) is 5.65 Å². The molecule has 10 heteroatoms. The Kier molecular flexibility index (Phi) is 5.49. The molecular formula is C20H26N8O2. The molecule has 0 unspecified atom stereocenters. The minimum Gasteiger partial charge on any atom is -0.367 e. The van der Waals surface area contributed by atoms with Gasteiger partial charge in [-0.3, -0.25) is 14.0 Å². The van der Waals surface area contributed by atoms with E-state index in [0.717, 1.165) is 37.6 Å². The Morgan fingerprint density at radius 1 is 1.20 bits per heavy atom. The van der Waals surface area contributed by atoms with Gasteiger partial charge in [0.25, 0.3) is 5.56 Å². The van der Waals surface area contributed by atoms with Gasteiger partial charge in [-0.2, -0.15) is 5.10 Å². The summed E-state index contributed by atoms with van der Waals surface area (Å²) in [6.45, 7) is 7.54. The lowest BCUT2D eigenvalue weighted by Crippen LogP contribution is -2.45. The van der Waals surface area contributed by atoms with Crippen molar-refractivity contribution in [1.29, 1.82) is 0 Å². The Bertz CT molecular complexity index is 1110. The summed E-state index contributed by atoms with van der Waals surface area (Å²) in [6.07, 6.45) is 3.28. The van der Waals surface area contributed by atoms with Gasteiger partial charge in [0.05, 0.1) is 17.1 Å². The van der Waals surface area contributed by atoms with Crippen molar-refractivity contribution in [2.45, 2.75) is 26.3 Å². The summed E-state index contributed by atoms with van der Waals surface area (Å²) in [4.78, 5) is 29.7. The van der Waals surface area contributed by atoms with Crippen LogP contribution in [0.3, 0.4) is 0 Å². The molecule has 1 fully saturated rings. The summed E-state index contributed by atoms with van der Waals surface area (Å²) in [7, 11) is 2.09. The number of fused-ring (bicyclic) bond motifs is 1. The van der Waals surface area contributed by atoms with Crippen LogP contribution in [-0.2, 0) is 11.3 Å². The fourth-order valence-corrected chi connectivity index (χ4v) is 3.56. The largest absolute Gasteiger partial charge is 0.367 e. The molecule has 1 aliphatic heterocycles. The fourth-order valence-electron chi connectivity index (χ4n) is 3.56. The summed E-state index contributed by atoms with van der Waals surface area (Å²) >= 11 is 0. The SMILES string of the molecule is CC(C)c1nn(CC(=O)Nc2ccc3nncn3c2)c(=O)cc1N1CCN(C)CC1. The molecule has 1 aliphatic rings. The van der Waals surface area contributed by atoms with Gasteiger partial charge in [-0.05, 0) is 25.1 Å². The number of pyridine rings is 1. The van der Waals surface area contributed by atoms with Crippen molar-refractivity contribution in [1.82, 2.24) is 29.3 Å². The maximum atomic E-state index is 12.7. The van der Waals surface area contributed by atoms with Crippen molar-refractivity contribution in [2.75, 3.05) is 43.4 Å². The van der Waals surface area contributed by atoms with Gasteiger partial charge in [0.15, 0.2) is 5.65 Å². The minimum atomic E-state index is -0.320. The third-order valence-corrected chi connectivity index (χ3v) is 5.26. The summed E-state index contributed by atoms with van der Waals surface area (Å²) in [5.74, 6) is -0.190. The third-order valence-electron chi connectivity index (χ3n) is 5.26. The number of rotatable bonds is 5. The van der Waals surface area contributed by atoms with Crippen molar-refractivity contribution in [3.05, 3.63) is 46.8 Å². The van der Waals surface area contributed by atoms with Crippen LogP contribution in [-0.4, -0.2) is 68.4 Å². The molecule has 158 valence electrons. The van der Waals surface area contributed by atoms with Gasteiger partial charge in [0.2, 0.25) is 5.91 Å². The number of likely N-dealkylation sites (N-methyl/N-ethyl adjacent to an activating group) is 1.